The Balaban J connectivity index is 2.52. The van der Waals surface area contributed by atoms with Crippen LogP contribution >= 0.6 is 0 Å². The van der Waals surface area contributed by atoms with E-state index in [4.69, 9.17) is 5.53 Å². The molecule has 0 saturated heterocycles. The number of aliphatic hydroxyl groups is 2. The van der Waals surface area contributed by atoms with Gasteiger partial charge in [-0.05, 0) is 18.9 Å². The van der Waals surface area contributed by atoms with Gasteiger partial charge < -0.3 is 15.2 Å². The van der Waals surface area contributed by atoms with Crippen LogP contribution in [-0.4, -0.2) is 32.8 Å². The van der Waals surface area contributed by atoms with Crippen LogP contribution in [0.3, 0.4) is 0 Å². The molecule has 0 bridgehead atoms. The summed E-state index contributed by atoms with van der Waals surface area (Å²) in [5.74, 6) is 0.672. The van der Waals surface area contributed by atoms with Crippen LogP contribution in [0.5, 0.6) is 0 Å². The number of aliphatic hydroxyl groups excluding tert-OH is 2. The van der Waals surface area contributed by atoms with Gasteiger partial charge in [-0.2, -0.15) is 0 Å². The number of aromatic nitrogens is 2. The fourth-order valence-corrected chi connectivity index (χ4v) is 1.19. The van der Waals surface area contributed by atoms with Gasteiger partial charge in [-0.1, -0.05) is 5.11 Å². The van der Waals surface area contributed by atoms with Gasteiger partial charge in [0.1, 0.15) is 11.9 Å². The van der Waals surface area contributed by atoms with Crippen molar-refractivity contribution in [1.29, 1.82) is 0 Å². The Kier molecular flexibility index (Phi) is 4.11. The van der Waals surface area contributed by atoms with E-state index in [9.17, 15) is 10.2 Å². The first-order valence-corrected chi connectivity index (χ1v) is 4.53. The Morgan fingerprint density at radius 1 is 1.67 bits per heavy atom. The predicted octanol–water partition coefficient (Wildman–Crippen LogP) is 0.813. The highest BCUT2D eigenvalue weighted by molar-refractivity contribution is 5.05. The summed E-state index contributed by atoms with van der Waals surface area (Å²) in [6.45, 7) is 1.91. The summed E-state index contributed by atoms with van der Waals surface area (Å²) in [5, 5.41) is 22.4. The molecule has 0 spiro atoms. The average Bonchev–Trinajstić information content (AvgIpc) is 2.64. The first kappa shape index (κ1) is 11.5. The van der Waals surface area contributed by atoms with Crippen LogP contribution in [-0.2, 0) is 0 Å². The highest BCUT2D eigenvalue weighted by atomic mass is 16.3. The van der Waals surface area contributed by atoms with Crippen LogP contribution in [0.2, 0.25) is 0 Å². The number of aryl methyl sites for hydroxylation is 1. The summed E-state index contributed by atoms with van der Waals surface area (Å²) in [4.78, 5) is 9.29. The highest BCUT2D eigenvalue weighted by Crippen LogP contribution is 2.16. The molecule has 0 aliphatic heterocycles. The molecule has 0 saturated carbocycles. The third-order valence-corrected chi connectivity index (χ3v) is 1.99. The minimum atomic E-state index is -1.03. The molecule has 15 heavy (non-hydrogen) atoms. The van der Waals surface area contributed by atoms with Gasteiger partial charge >= 0.3 is 0 Å². The number of hydrogen-bond donors (Lipinski definition) is 3. The molecule has 7 nitrogen and oxygen atoms in total. The van der Waals surface area contributed by atoms with Crippen molar-refractivity contribution in [3.63, 3.8) is 0 Å². The molecular formula is C8H13N5O2. The van der Waals surface area contributed by atoms with Crippen molar-refractivity contribution in [3.8, 4) is 0 Å². The van der Waals surface area contributed by atoms with Crippen LogP contribution in [0.15, 0.2) is 11.3 Å². The lowest BCUT2D eigenvalue weighted by Crippen LogP contribution is -2.19. The van der Waals surface area contributed by atoms with E-state index in [-0.39, 0.29) is 13.0 Å². The molecule has 3 N–H and O–H groups in total. The highest BCUT2D eigenvalue weighted by Gasteiger charge is 2.19. The first-order chi connectivity index (χ1) is 7.15. The Labute approximate surface area is 86.4 Å². The minimum absolute atomic E-state index is 0.155. The topological polar surface area (TPSA) is 118 Å². The summed E-state index contributed by atoms with van der Waals surface area (Å²) in [5.41, 5.74) is 8.50. The molecule has 1 rings (SSSR count). The molecule has 0 aliphatic rings. The van der Waals surface area contributed by atoms with Crippen LogP contribution in [0.1, 0.15) is 24.0 Å². The van der Waals surface area contributed by atoms with Gasteiger partial charge in [0, 0.05) is 11.5 Å². The van der Waals surface area contributed by atoms with E-state index in [0.29, 0.717) is 11.5 Å². The second-order valence-electron chi connectivity index (χ2n) is 3.18. The molecular weight excluding hydrogens is 198 g/mol. The predicted molar refractivity (Wildman–Crippen MR) is 52.9 cm³/mol. The van der Waals surface area contributed by atoms with Crippen molar-refractivity contribution >= 4 is 0 Å². The van der Waals surface area contributed by atoms with E-state index in [2.05, 4.69) is 20.0 Å². The fraction of sp³-hybridized carbons (Fsp3) is 0.625. The fourth-order valence-electron chi connectivity index (χ4n) is 1.19. The van der Waals surface area contributed by atoms with Crippen molar-refractivity contribution < 1.29 is 10.2 Å². The molecule has 1 aromatic rings. The zero-order valence-electron chi connectivity index (χ0n) is 8.33. The van der Waals surface area contributed by atoms with Gasteiger partial charge in [-0.3, -0.25) is 0 Å². The molecule has 2 unspecified atom stereocenters. The summed E-state index contributed by atoms with van der Waals surface area (Å²) >= 11 is 0. The lowest BCUT2D eigenvalue weighted by Gasteiger charge is -2.14. The van der Waals surface area contributed by atoms with Gasteiger partial charge in [0.15, 0.2) is 0 Å². The minimum Gasteiger partial charge on any atom is -0.390 e. The van der Waals surface area contributed by atoms with Gasteiger partial charge in [0.25, 0.3) is 0 Å². The van der Waals surface area contributed by atoms with Crippen molar-refractivity contribution in [1.82, 2.24) is 9.97 Å². The molecule has 0 amide bonds. The van der Waals surface area contributed by atoms with Crippen molar-refractivity contribution in [3.05, 3.63) is 28.2 Å². The number of nitrogens with one attached hydrogen (secondary N) is 1. The first-order valence-electron chi connectivity index (χ1n) is 4.53. The van der Waals surface area contributed by atoms with Gasteiger partial charge in [0.05, 0.1) is 18.0 Å². The van der Waals surface area contributed by atoms with Crippen LogP contribution < -0.4 is 0 Å². The molecule has 0 fully saturated rings. The Hall–Kier alpha value is -1.56. The normalized spacial score (nSPS) is 14.3. The smallest absolute Gasteiger partial charge is 0.121 e. The summed E-state index contributed by atoms with van der Waals surface area (Å²) < 4.78 is 0. The Morgan fingerprint density at radius 2 is 2.40 bits per heavy atom. The number of nitrogens with zero attached hydrogens (tertiary/aromatic N) is 4. The van der Waals surface area contributed by atoms with E-state index in [0.717, 1.165) is 0 Å². The third-order valence-electron chi connectivity index (χ3n) is 1.99. The van der Waals surface area contributed by atoms with Crippen LogP contribution in [0, 0.1) is 6.92 Å². The number of hydrogen-bond acceptors (Lipinski definition) is 4. The number of aromatic amines is 1. The average molecular weight is 211 g/mol. The molecule has 0 aromatic carbocycles. The van der Waals surface area contributed by atoms with Crippen LogP contribution in [0.25, 0.3) is 10.4 Å². The van der Waals surface area contributed by atoms with Gasteiger partial charge in [-0.15, -0.1) is 0 Å². The van der Waals surface area contributed by atoms with Crippen molar-refractivity contribution in [2.45, 2.75) is 25.6 Å². The lowest BCUT2D eigenvalue weighted by atomic mass is 10.1. The molecule has 2 atom stereocenters. The largest absolute Gasteiger partial charge is 0.390 e. The second kappa shape index (κ2) is 5.35. The monoisotopic (exact) mass is 211 g/mol. The van der Waals surface area contributed by atoms with Crippen molar-refractivity contribution in [2.24, 2.45) is 5.11 Å². The van der Waals surface area contributed by atoms with Crippen LogP contribution in [0.4, 0.5) is 0 Å². The molecule has 0 aliphatic carbocycles. The number of imidazole rings is 1. The van der Waals surface area contributed by atoms with E-state index < -0.39 is 12.2 Å². The Bertz CT molecular complexity index is 358. The standard InChI is InChI=1S/C8H13N5O2/c1-5-10-4-6(12-5)8(15)7(14)2-3-11-13-9/h4,7-8,14-15H,2-3H2,1H3,(H,10,12). The zero-order valence-corrected chi connectivity index (χ0v) is 8.33. The maximum atomic E-state index is 9.65. The summed E-state index contributed by atoms with van der Waals surface area (Å²) in [6, 6.07) is 0. The molecule has 7 heteroatoms. The second-order valence-corrected chi connectivity index (χ2v) is 3.18. The van der Waals surface area contributed by atoms with Gasteiger partial charge in [0.2, 0.25) is 0 Å². The maximum Gasteiger partial charge on any atom is 0.121 e. The molecule has 0 radical (unpaired) electrons. The maximum absolute atomic E-state index is 9.65. The van der Waals surface area contributed by atoms with Crippen molar-refractivity contribution in [2.75, 3.05) is 6.54 Å². The van der Waals surface area contributed by atoms with E-state index >= 15 is 0 Å². The number of H-pyrrole nitrogens is 1. The quantitative estimate of drug-likeness (QED) is 0.380. The zero-order chi connectivity index (χ0) is 11.3. The third kappa shape index (κ3) is 3.25. The number of rotatable bonds is 5. The summed E-state index contributed by atoms with van der Waals surface area (Å²) in [6.07, 6.45) is -0.310. The lowest BCUT2D eigenvalue weighted by molar-refractivity contribution is 0.0127. The number of azide groups is 1. The van der Waals surface area contributed by atoms with E-state index in [1.165, 1.54) is 6.20 Å². The van der Waals surface area contributed by atoms with E-state index in [1.807, 2.05) is 0 Å². The summed E-state index contributed by atoms with van der Waals surface area (Å²) in [7, 11) is 0. The van der Waals surface area contributed by atoms with E-state index in [1.54, 1.807) is 6.92 Å². The Morgan fingerprint density at radius 3 is 2.93 bits per heavy atom. The SMILES string of the molecule is Cc1ncc(C(O)C(O)CCN=[N+]=[N-])[nH]1. The molecule has 82 valence electrons. The molecule has 1 heterocycles. The van der Waals surface area contributed by atoms with Gasteiger partial charge in [-0.25, -0.2) is 4.98 Å². The molecule has 1 aromatic heterocycles.